The van der Waals surface area contributed by atoms with Crippen LogP contribution in [0.15, 0.2) is 35.7 Å². The minimum atomic E-state index is -0.113. The van der Waals surface area contributed by atoms with Crippen molar-refractivity contribution in [1.29, 1.82) is 0 Å². The summed E-state index contributed by atoms with van der Waals surface area (Å²) >= 11 is 3.12. The van der Waals surface area contributed by atoms with Gasteiger partial charge in [0.15, 0.2) is 5.13 Å². The molecule has 5 nitrogen and oxygen atoms in total. The molecule has 0 saturated carbocycles. The van der Waals surface area contributed by atoms with Crippen molar-refractivity contribution < 1.29 is 9.59 Å². The second kappa shape index (κ2) is 7.55. The fourth-order valence-electron chi connectivity index (χ4n) is 2.32. The SMILES string of the molecule is CC(=O)Nc1ccc2nc(NC(=O)CCCc3cccs3)sc2c1. The molecule has 0 bridgehead atoms. The number of thiophene rings is 1. The van der Waals surface area contributed by atoms with Crippen molar-refractivity contribution in [2.24, 2.45) is 0 Å². The number of hydrogen-bond donors (Lipinski definition) is 2. The van der Waals surface area contributed by atoms with Gasteiger partial charge in [-0.3, -0.25) is 9.59 Å². The summed E-state index contributed by atoms with van der Waals surface area (Å²) in [6.45, 7) is 1.47. The fraction of sp³-hybridized carbons (Fsp3) is 0.235. The molecule has 2 N–H and O–H groups in total. The summed E-state index contributed by atoms with van der Waals surface area (Å²) in [6.07, 6.45) is 2.22. The van der Waals surface area contributed by atoms with Crippen molar-refractivity contribution in [2.75, 3.05) is 10.6 Å². The van der Waals surface area contributed by atoms with Crippen LogP contribution in [0.25, 0.3) is 10.2 Å². The van der Waals surface area contributed by atoms with Crippen LogP contribution in [0.2, 0.25) is 0 Å². The third-order valence-corrected chi connectivity index (χ3v) is 5.23. The lowest BCUT2D eigenvalue weighted by atomic mass is 10.2. The summed E-state index contributed by atoms with van der Waals surface area (Å²) in [6, 6.07) is 9.61. The normalized spacial score (nSPS) is 10.7. The van der Waals surface area contributed by atoms with Crippen molar-refractivity contribution in [3.8, 4) is 0 Å². The van der Waals surface area contributed by atoms with Gasteiger partial charge in [0.2, 0.25) is 11.8 Å². The molecule has 0 spiro atoms. The van der Waals surface area contributed by atoms with Crippen LogP contribution in [-0.4, -0.2) is 16.8 Å². The van der Waals surface area contributed by atoms with E-state index in [1.165, 1.54) is 23.1 Å². The summed E-state index contributed by atoms with van der Waals surface area (Å²) < 4.78 is 0.926. The van der Waals surface area contributed by atoms with Crippen molar-refractivity contribution >= 4 is 55.5 Å². The zero-order valence-corrected chi connectivity index (χ0v) is 14.8. The minimum absolute atomic E-state index is 0.0207. The molecule has 2 heterocycles. The van der Waals surface area contributed by atoms with Crippen LogP contribution in [0, 0.1) is 0 Å². The number of rotatable bonds is 6. The second-order valence-electron chi connectivity index (χ2n) is 5.36. The number of fused-ring (bicyclic) bond motifs is 1. The van der Waals surface area contributed by atoms with E-state index in [1.54, 1.807) is 17.4 Å². The smallest absolute Gasteiger partial charge is 0.226 e. The van der Waals surface area contributed by atoms with Gasteiger partial charge >= 0.3 is 0 Å². The lowest BCUT2D eigenvalue weighted by Gasteiger charge is -2.00. The van der Waals surface area contributed by atoms with Crippen molar-refractivity contribution in [3.63, 3.8) is 0 Å². The molecule has 0 saturated heterocycles. The van der Waals surface area contributed by atoms with E-state index in [9.17, 15) is 9.59 Å². The molecular formula is C17H17N3O2S2. The van der Waals surface area contributed by atoms with Crippen LogP contribution < -0.4 is 10.6 Å². The third kappa shape index (κ3) is 4.39. The van der Waals surface area contributed by atoms with Crippen molar-refractivity contribution in [2.45, 2.75) is 26.2 Å². The van der Waals surface area contributed by atoms with Gasteiger partial charge in [-0.25, -0.2) is 4.98 Å². The molecule has 0 aliphatic carbocycles. The molecule has 0 radical (unpaired) electrons. The highest BCUT2D eigenvalue weighted by Gasteiger charge is 2.09. The Bertz CT molecular complexity index is 856. The topological polar surface area (TPSA) is 71.1 Å². The quantitative estimate of drug-likeness (QED) is 0.690. The number of nitrogens with zero attached hydrogens (tertiary/aromatic N) is 1. The number of nitrogens with one attached hydrogen (secondary N) is 2. The van der Waals surface area contributed by atoms with Crippen LogP contribution >= 0.6 is 22.7 Å². The Morgan fingerprint density at radius 3 is 2.83 bits per heavy atom. The molecule has 124 valence electrons. The molecule has 2 amide bonds. The van der Waals surface area contributed by atoms with Crippen LogP contribution in [0.5, 0.6) is 0 Å². The summed E-state index contributed by atoms with van der Waals surface area (Å²) in [7, 11) is 0. The number of amides is 2. The summed E-state index contributed by atoms with van der Waals surface area (Å²) in [4.78, 5) is 28.8. The van der Waals surface area contributed by atoms with Gasteiger partial charge in [0.25, 0.3) is 0 Å². The number of carbonyl (C=O) groups excluding carboxylic acids is 2. The molecule has 3 aromatic rings. The van der Waals surface area contributed by atoms with Gasteiger partial charge in [0, 0.05) is 23.9 Å². The first kappa shape index (κ1) is 16.6. The van der Waals surface area contributed by atoms with Gasteiger partial charge < -0.3 is 10.6 Å². The standard InChI is InChI=1S/C17H17N3O2S2/c1-11(21)18-12-7-8-14-15(10-12)24-17(19-14)20-16(22)6-2-4-13-5-3-9-23-13/h3,5,7-10H,2,4,6H2,1H3,(H,18,21)(H,19,20,22). The van der Waals surface area contributed by atoms with E-state index in [0.717, 1.165) is 28.7 Å². The van der Waals surface area contributed by atoms with E-state index in [2.05, 4.69) is 21.7 Å². The molecule has 0 aliphatic rings. The highest BCUT2D eigenvalue weighted by molar-refractivity contribution is 7.22. The van der Waals surface area contributed by atoms with E-state index in [0.29, 0.717) is 11.6 Å². The summed E-state index contributed by atoms with van der Waals surface area (Å²) in [5, 5.41) is 8.23. The number of thiazole rings is 1. The van der Waals surface area contributed by atoms with E-state index in [4.69, 9.17) is 0 Å². The van der Waals surface area contributed by atoms with Crippen LogP contribution in [0.4, 0.5) is 10.8 Å². The van der Waals surface area contributed by atoms with Gasteiger partial charge in [-0.1, -0.05) is 17.4 Å². The maximum absolute atomic E-state index is 12.0. The molecule has 24 heavy (non-hydrogen) atoms. The average Bonchev–Trinajstić information content (AvgIpc) is 3.15. The molecule has 2 aromatic heterocycles. The number of aromatic nitrogens is 1. The molecule has 3 rings (SSSR count). The van der Waals surface area contributed by atoms with E-state index >= 15 is 0 Å². The molecule has 1 aromatic carbocycles. The maximum atomic E-state index is 12.0. The van der Waals surface area contributed by atoms with Gasteiger partial charge in [-0.2, -0.15) is 0 Å². The number of benzene rings is 1. The number of anilines is 2. The second-order valence-corrected chi connectivity index (χ2v) is 7.43. The Hall–Kier alpha value is -2.25. The molecule has 0 fully saturated rings. The highest BCUT2D eigenvalue weighted by Crippen LogP contribution is 2.28. The zero-order valence-electron chi connectivity index (χ0n) is 13.2. The predicted octanol–water partition coefficient (Wildman–Crippen LogP) is 4.28. The first-order valence-corrected chi connectivity index (χ1v) is 9.30. The first-order chi connectivity index (χ1) is 11.6. The van der Waals surface area contributed by atoms with Gasteiger partial charge in [-0.15, -0.1) is 11.3 Å². The van der Waals surface area contributed by atoms with E-state index < -0.39 is 0 Å². The Labute approximate surface area is 147 Å². The largest absolute Gasteiger partial charge is 0.326 e. The molecule has 0 atom stereocenters. The lowest BCUT2D eigenvalue weighted by molar-refractivity contribution is -0.116. The van der Waals surface area contributed by atoms with E-state index in [1.807, 2.05) is 23.6 Å². The van der Waals surface area contributed by atoms with E-state index in [-0.39, 0.29) is 11.8 Å². The monoisotopic (exact) mass is 359 g/mol. The predicted molar refractivity (Wildman–Crippen MR) is 99.8 cm³/mol. The number of aryl methyl sites for hydroxylation is 1. The highest BCUT2D eigenvalue weighted by atomic mass is 32.1. The lowest BCUT2D eigenvalue weighted by Crippen LogP contribution is -2.11. The molecule has 0 unspecified atom stereocenters. The maximum Gasteiger partial charge on any atom is 0.226 e. The Balaban J connectivity index is 1.58. The number of carbonyl (C=O) groups is 2. The van der Waals surface area contributed by atoms with Crippen LogP contribution in [0.1, 0.15) is 24.6 Å². The van der Waals surface area contributed by atoms with Crippen LogP contribution in [0.3, 0.4) is 0 Å². The Kier molecular flexibility index (Phi) is 5.22. The molecular weight excluding hydrogens is 342 g/mol. The van der Waals surface area contributed by atoms with Crippen molar-refractivity contribution in [3.05, 3.63) is 40.6 Å². The number of hydrogen-bond acceptors (Lipinski definition) is 5. The van der Waals surface area contributed by atoms with Gasteiger partial charge in [0.1, 0.15) is 0 Å². The Morgan fingerprint density at radius 2 is 2.08 bits per heavy atom. The first-order valence-electron chi connectivity index (χ1n) is 7.60. The third-order valence-electron chi connectivity index (χ3n) is 3.36. The average molecular weight is 359 g/mol. The molecule has 7 heteroatoms. The Morgan fingerprint density at radius 1 is 1.21 bits per heavy atom. The van der Waals surface area contributed by atoms with Gasteiger partial charge in [0.05, 0.1) is 10.2 Å². The summed E-state index contributed by atoms with van der Waals surface area (Å²) in [5.74, 6) is -0.133. The fourth-order valence-corrected chi connectivity index (χ4v) is 3.99. The zero-order chi connectivity index (χ0) is 16.9. The van der Waals surface area contributed by atoms with Crippen molar-refractivity contribution in [1.82, 2.24) is 4.98 Å². The molecule has 0 aliphatic heterocycles. The minimum Gasteiger partial charge on any atom is -0.326 e. The van der Waals surface area contributed by atoms with Crippen LogP contribution in [-0.2, 0) is 16.0 Å². The summed E-state index contributed by atoms with van der Waals surface area (Å²) in [5.41, 5.74) is 1.54. The van der Waals surface area contributed by atoms with Gasteiger partial charge in [-0.05, 0) is 42.5 Å².